The molecule has 0 saturated heterocycles. The van der Waals surface area contributed by atoms with Crippen LogP contribution in [0.15, 0.2) is 18.2 Å². The standard InChI is InChI=1S/C13H20FNO/c1-4-9-15(5-2)13-11(10(3)16)7-6-8-12(13)14/h6-8,10,16H,4-5,9H2,1-3H3/t10-/m1/s1. The van der Waals surface area contributed by atoms with Crippen LogP contribution in [-0.2, 0) is 0 Å². The van der Waals surface area contributed by atoms with E-state index in [0.717, 1.165) is 19.5 Å². The number of nitrogens with zero attached hydrogens (tertiary/aromatic N) is 1. The molecule has 0 radical (unpaired) electrons. The largest absolute Gasteiger partial charge is 0.389 e. The summed E-state index contributed by atoms with van der Waals surface area (Å²) in [7, 11) is 0. The van der Waals surface area contributed by atoms with Gasteiger partial charge in [-0.2, -0.15) is 0 Å². The van der Waals surface area contributed by atoms with E-state index in [9.17, 15) is 9.50 Å². The van der Waals surface area contributed by atoms with E-state index in [0.29, 0.717) is 11.3 Å². The van der Waals surface area contributed by atoms with Crippen molar-refractivity contribution < 1.29 is 9.50 Å². The lowest BCUT2D eigenvalue weighted by molar-refractivity contribution is 0.199. The molecule has 0 fully saturated rings. The Labute approximate surface area is 96.7 Å². The van der Waals surface area contributed by atoms with Gasteiger partial charge in [0.1, 0.15) is 5.82 Å². The molecular weight excluding hydrogens is 205 g/mol. The van der Waals surface area contributed by atoms with Gasteiger partial charge in [0, 0.05) is 18.7 Å². The van der Waals surface area contributed by atoms with Gasteiger partial charge in [-0.15, -0.1) is 0 Å². The number of hydrogen-bond acceptors (Lipinski definition) is 2. The Hall–Kier alpha value is -1.09. The maximum atomic E-state index is 13.8. The Morgan fingerprint density at radius 3 is 2.56 bits per heavy atom. The minimum Gasteiger partial charge on any atom is -0.389 e. The van der Waals surface area contributed by atoms with Crippen LogP contribution in [0, 0.1) is 5.82 Å². The zero-order chi connectivity index (χ0) is 12.1. The molecule has 1 aromatic carbocycles. The van der Waals surface area contributed by atoms with Crippen LogP contribution in [-0.4, -0.2) is 18.2 Å². The monoisotopic (exact) mass is 225 g/mol. The third-order valence-corrected chi connectivity index (χ3v) is 2.66. The Morgan fingerprint density at radius 2 is 2.06 bits per heavy atom. The molecule has 2 nitrogen and oxygen atoms in total. The van der Waals surface area contributed by atoms with Crippen molar-refractivity contribution in [1.29, 1.82) is 0 Å². The summed E-state index contributed by atoms with van der Waals surface area (Å²) in [5, 5.41) is 9.65. The lowest BCUT2D eigenvalue weighted by Crippen LogP contribution is -2.26. The van der Waals surface area contributed by atoms with E-state index in [1.807, 2.05) is 11.8 Å². The molecule has 1 N–H and O–H groups in total. The predicted molar refractivity (Wildman–Crippen MR) is 65.2 cm³/mol. The molecule has 16 heavy (non-hydrogen) atoms. The average molecular weight is 225 g/mol. The van der Waals surface area contributed by atoms with Crippen LogP contribution in [0.4, 0.5) is 10.1 Å². The van der Waals surface area contributed by atoms with Crippen LogP contribution >= 0.6 is 0 Å². The number of halogens is 1. The minimum atomic E-state index is -0.642. The Balaban J connectivity index is 3.17. The smallest absolute Gasteiger partial charge is 0.146 e. The van der Waals surface area contributed by atoms with E-state index >= 15 is 0 Å². The molecule has 0 aromatic heterocycles. The highest BCUT2D eigenvalue weighted by atomic mass is 19.1. The number of rotatable bonds is 5. The summed E-state index contributed by atoms with van der Waals surface area (Å²) in [4.78, 5) is 1.97. The first-order chi connectivity index (χ1) is 7.61. The Bertz CT molecular complexity index is 339. The van der Waals surface area contributed by atoms with Gasteiger partial charge in [-0.1, -0.05) is 19.1 Å². The molecule has 1 rings (SSSR count). The van der Waals surface area contributed by atoms with Crippen molar-refractivity contribution in [1.82, 2.24) is 0 Å². The number of aliphatic hydroxyl groups is 1. The summed E-state index contributed by atoms with van der Waals surface area (Å²) >= 11 is 0. The summed E-state index contributed by atoms with van der Waals surface area (Å²) < 4.78 is 13.8. The minimum absolute atomic E-state index is 0.256. The van der Waals surface area contributed by atoms with Crippen molar-refractivity contribution in [3.63, 3.8) is 0 Å². The lowest BCUT2D eigenvalue weighted by atomic mass is 10.1. The van der Waals surface area contributed by atoms with Crippen LogP contribution in [0.2, 0.25) is 0 Å². The van der Waals surface area contributed by atoms with Crippen molar-refractivity contribution >= 4 is 5.69 Å². The molecule has 0 bridgehead atoms. The fourth-order valence-electron chi connectivity index (χ4n) is 1.90. The molecule has 0 heterocycles. The molecule has 1 aromatic rings. The van der Waals surface area contributed by atoms with E-state index in [2.05, 4.69) is 6.92 Å². The lowest BCUT2D eigenvalue weighted by Gasteiger charge is -2.26. The molecule has 0 unspecified atom stereocenters. The quantitative estimate of drug-likeness (QED) is 0.832. The molecule has 0 saturated carbocycles. The second kappa shape index (κ2) is 5.85. The van der Waals surface area contributed by atoms with Gasteiger partial charge in [0.05, 0.1) is 11.8 Å². The summed E-state index contributed by atoms with van der Waals surface area (Å²) in [6, 6.07) is 4.86. The Morgan fingerprint density at radius 1 is 1.38 bits per heavy atom. The fraction of sp³-hybridized carbons (Fsp3) is 0.538. The van der Waals surface area contributed by atoms with Crippen LogP contribution in [0.25, 0.3) is 0 Å². The molecule has 0 aliphatic rings. The highest BCUT2D eigenvalue weighted by molar-refractivity contribution is 5.55. The fourth-order valence-corrected chi connectivity index (χ4v) is 1.90. The van der Waals surface area contributed by atoms with Gasteiger partial charge in [-0.25, -0.2) is 4.39 Å². The zero-order valence-electron chi connectivity index (χ0n) is 10.2. The topological polar surface area (TPSA) is 23.5 Å². The molecule has 0 aliphatic heterocycles. The van der Waals surface area contributed by atoms with Crippen LogP contribution in [0.1, 0.15) is 38.9 Å². The average Bonchev–Trinajstić information content (AvgIpc) is 2.26. The second-order valence-corrected chi connectivity index (χ2v) is 3.93. The number of aliphatic hydroxyl groups excluding tert-OH is 1. The molecule has 3 heteroatoms. The highest BCUT2D eigenvalue weighted by Crippen LogP contribution is 2.29. The van der Waals surface area contributed by atoms with Crippen molar-refractivity contribution in [3.05, 3.63) is 29.6 Å². The van der Waals surface area contributed by atoms with Gasteiger partial charge in [0.25, 0.3) is 0 Å². The third-order valence-electron chi connectivity index (χ3n) is 2.66. The second-order valence-electron chi connectivity index (χ2n) is 3.93. The van der Waals surface area contributed by atoms with Crippen molar-refractivity contribution in [2.24, 2.45) is 0 Å². The first kappa shape index (κ1) is 13.0. The number of hydrogen-bond donors (Lipinski definition) is 1. The van der Waals surface area contributed by atoms with E-state index in [1.54, 1.807) is 19.1 Å². The highest BCUT2D eigenvalue weighted by Gasteiger charge is 2.16. The number of para-hydroxylation sites is 1. The van der Waals surface area contributed by atoms with Gasteiger partial charge in [-0.3, -0.25) is 0 Å². The Kier molecular flexibility index (Phi) is 4.74. The maximum absolute atomic E-state index is 13.8. The number of anilines is 1. The zero-order valence-corrected chi connectivity index (χ0v) is 10.2. The van der Waals surface area contributed by atoms with Crippen molar-refractivity contribution in [2.45, 2.75) is 33.3 Å². The number of benzene rings is 1. The van der Waals surface area contributed by atoms with Gasteiger partial charge in [0.2, 0.25) is 0 Å². The van der Waals surface area contributed by atoms with E-state index in [4.69, 9.17) is 0 Å². The molecule has 0 amide bonds. The summed E-state index contributed by atoms with van der Waals surface area (Å²) in [5.74, 6) is -0.256. The summed E-state index contributed by atoms with van der Waals surface area (Å²) in [6.07, 6.45) is 0.318. The molecule has 0 aliphatic carbocycles. The van der Waals surface area contributed by atoms with E-state index in [-0.39, 0.29) is 5.82 Å². The molecule has 1 atom stereocenters. The normalized spacial score (nSPS) is 12.6. The third kappa shape index (κ3) is 2.73. The molecule has 0 spiro atoms. The van der Waals surface area contributed by atoms with Gasteiger partial charge in [-0.05, 0) is 26.3 Å². The van der Waals surface area contributed by atoms with Crippen LogP contribution < -0.4 is 4.90 Å². The summed E-state index contributed by atoms with van der Waals surface area (Å²) in [5.41, 5.74) is 1.21. The van der Waals surface area contributed by atoms with Crippen LogP contribution in [0.5, 0.6) is 0 Å². The van der Waals surface area contributed by atoms with Crippen molar-refractivity contribution in [2.75, 3.05) is 18.0 Å². The summed E-state index contributed by atoms with van der Waals surface area (Å²) in [6.45, 7) is 7.27. The van der Waals surface area contributed by atoms with Crippen LogP contribution in [0.3, 0.4) is 0 Å². The molecule has 90 valence electrons. The predicted octanol–water partition coefficient (Wildman–Crippen LogP) is 3.12. The van der Waals surface area contributed by atoms with Crippen molar-refractivity contribution in [3.8, 4) is 0 Å². The maximum Gasteiger partial charge on any atom is 0.146 e. The first-order valence-corrected chi connectivity index (χ1v) is 5.83. The van der Waals surface area contributed by atoms with E-state index < -0.39 is 6.10 Å². The van der Waals surface area contributed by atoms with Gasteiger partial charge in [0.15, 0.2) is 0 Å². The van der Waals surface area contributed by atoms with Gasteiger partial charge < -0.3 is 10.0 Å². The van der Waals surface area contributed by atoms with Gasteiger partial charge >= 0.3 is 0 Å². The first-order valence-electron chi connectivity index (χ1n) is 5.83. The van der Waals surface area contributed by atoms with E-state index in [1.165, 1.54) is 6.07 Å². The molecular formula is C13H20FNO. The SMILES string of the molecule is CCCN(CC)c1c(F)cccc1[C@@H](C)O.